The standard InChI is InChI=1S/C23H33N3O2/c1-5-11-26-16-21(18(4)24-26)15-25-12-7-9-20(14-25)23(27)19-8-6-10-22(13-19)28-17(2)3/h6,8,10,13,16-17,20H,5,7,9,11-12,14-15H2,1-4H3/t20-/m0/s1. The zero-order chi connectivity index (χ0) is 20.1. The van der Waals surface area contributed by atoms with Crippen molar-refractivity contribution in [2.24, 2.45) is 5.92 Å². The van der Waals surface area contributed by atoms with Gasteiger partial charge in [-0.1, -0.05) is 19.1 Å². The molecule has 5 nitrogen and oxygen atoms in total. The molecule has 5 heteroatoms. The van der Waals surface area contributed by atoms with Crippen LogP contribution in [0.3, 0.4) is 0 Å². The molecule has 1 aliphatic rings. The number of hydrogen-bond acceptors (Lipinski definition) is 4. The van der Waals surface area contributed by atoms with Crippen LogP contribution in [0.4, 0.5) is 0 Å². The third-order valence-electron chi connectivity index (χ3n) is 5.26. The molecule has 0 spiro atoms. The topological polar surface area (TPSA) is 47.4 Å². The van der Waals surface area contributed by atoms with Crippen molar-refractivity contribution in [3.63, 3.8) is 0 Å². The summed E-state index contributed by atoms with van der Waals surface area (Å²) in [6.45, 7) is 11.9. The van der Waals surface area contributed by atoms with Crippen LogP contribution in [-0.4, -0.2) is 39.7 Å². The molecule has 2 heterocycles. The Morgan fingerprint density at radius 2 is 2.18 bits per heavy atom. The lowest BCUT2D eigenvalue weighted by atomic mass is 9.89. The number of nitrogens with zero attached hydrogens (tertiary/aromatic N) is 3. The highest BCUT2D eigenvalue weighted by Gasteiger charge is 2.27. The van der Waals surface area contributed by atoms with E-state index in [2.05, 4.69) is 30.0 Å². The summed E-state index contributed by atoms with van der Waals surface area (Å²) in [5, 5.41) is 4.61. The molecule has 3 rings (SSSR count). The first-order valence-electron chi connectivity index (χ1n) is 10.5. The van der Waals surface area contributed by atoms with Gasteiger partial charge in [0.05, 0.1) is 11.8 Å². The number of hydrogen-bond donors (Lipinski definition) is 0. The number of aryl methyl sites for hydroxylation is 2. The monoisotopic (exact) mass is 383 g/mol. The van der Waals surface area contributed by atoms with Gasteiger partial charge in [-0.2, -0.15) is 5.10 Å². The number of piperidine rings is 1. The Morgan fingerprint density at radius 3 is 2.93 bits per heavy atom. The van der Waals surface area contributed by atoms with Gasteiger partial charge in [0.15, 0.2) is 5.78 Å². The van der Waals surface area contributed by atoms with Crippen LogP contribution in [0.2, 0.25) is 0 Å². The molecule has 1 atom stereocenters. The van der Waals surface area contributed by atoms with Crippen molar-refractivity contribution in [1.82, 2.24) is 14.7 Å². The molecule has 0 radical (unpaired) electrons. The van der Waals surface area contributed by atoms with Crippen LogP contribution in [0.15, 0.2) is 30.5 Å². The Kier molecular flexibility index (Phi) is 6.89. The number of ketones is 1. The number of likely N-dealkylation sites (tertiary alicyclic amines) is 1. The van der Waals surface area contributed by atoms with Gasteiger partial charge < -0.3 is 4.74 Å². The summed E-state index contributed by atoms with van der Waals surface area (Å²) < 4.78 is 7.80. The van der Waals surface area contributed by atoms with Crippen LogP contribution < -0.4 is 4.74 Å². The predicted octanol–water partition coefficient (Wildman–Crippen LogP) is 4.48. The first-order chi connectivity index (χ1) is 13.5. The van der Waals surface area contributed by atoms with Gasteiger partial charge in [-0.15, -0.1) is 0 Å². The number of rotatable bonds is 8. The number of aromatic nitrogens is 2. The minimum Gasteiger partial charge on any atom is -0.491 e. The SMILES string of the molecule is CCCn1cc(CN2CCC[C@H](C(=O)c3cccc(OC(C)C)c3)C2)c(C)n1. The molecule has 1 saturated heterocycles. The number of ether oxygens (including phenoxy) is 1. The summed E-state index contributed by atoms with van der Waals surface area (Å²) >= 11 is 0. The van der Waals surface area contributed by atoms with Crippen molar-refractivity contribution in [3.05, 3.63) is 47.3 Å². The van der Waals surface area contributed by atoms with Crippen molar-refractivity contribution in [1.29, 1.82) is 0 Å². The minimum atomic E-state index is 0.0500. The lowest BCUT2D eigenvalue weighted by Crippen LogP contribution is -2.38. The van der Waals surface area contributed by atoms with Gasteiger partial charge in [-0.05, 0) is 58.7 Å². The van der Waals surface area contributed by atoms with E-state index in [0.717, 1.165) is 62.4 Å². The van der Waals surface area contributed by atoms with Crippen molar-refractivity contribution in [2.45, 2.75) is 66.2 Å². The van der Waals surface area contributed by atoms with Crippen molar-refractivity contribution < 1.29 is 9.53 Å². The lowest BCUT2D eigenvalue weighted by Gasteiger charge is -2.32. The maximum Gasteiger partial charge on any atom is 0.167 e. The molecule has 2 aromatic rings. The van der Waals surface area contributed by atoms with E-state index in [1.165, 1.54) is 5.56 Å². The third kappa shape index (κ3) is 5.22. The lowest BCUT2D eigenvalue weighted by molar-refractivity contribution is 0.0810. The summed E-state index contributed by atoms with van der Waals surface area (Å²) in [5.74, 6) is 1.05. The van der Waals surface area contributed by atoms with E-state index in [1.54, 1.807) is 0 Å². The molecule has 1 aromatic heterocycles. The highest BCUT2D eigenvalue weighted by molar-refractivity contribution is 5.98. The summed E-state index contributed by atoms with van der Waals surface area (Å²) in [4.78, 5) is 15.5. The van der Waals surface area contributed by atoms with Crippen LogP contribution in [-0.2, 0) is 13.1 Å². The second kappa shape index (κ2) is 9.37. The maximum absolute atomic E-state index is 13.1. The van der Waals surface area contributed by atoms with E-state index >= 15 is 0 Å². The molecule has 1 fully saturated rings. The van der Waals surface area contributed by atoms with E-state index < -0.39 is 0 Å². The highest BCUT2D eigenvalue weighted by atomic mass is 16.5. The number of carbonyl (C=O) groups excluding carboxylic acids is 1. The fraction of sp³-hybridized carbons (Fsp3) is 0.565. The van der Waals surface area contributed by atoms with Crippen molar-refractivity contribution in [3.8, 4) is 5.75 Å². The number of carbonyl (C=O) groups is 1. The average molecular weight is 384 g/mol. The zero-order valence-corrected chi connectivity index (χ0v) is 17.6. The molecule has 0 amide bonds. The second-order valence-electron chi connectivity index (χ2n) is 8.14. The van der Waals surface area contributed by atoms with Gasteiger partial charge in [-0.3, -0.25) is 14.4 Å². The Morgan fingerprint density at radius 1 is 1.36 bits per heavy atom. The zero-order valence-electron chi connectivity index (χ0n) is 17.6. The molecule has 0 aliphatic carbocycles. The summed E-state index contributed by atoms with van der Waals surface area (Å²) in [7, 11) is 0. The van der Waals surface area contributed by atoms with Gasteiger partial charge in [0.25, 0.3) is 0 Å². The van der Waals surface area contributed by atoms with Crippen molar-refractivity contribution in [2.75, 3.05) is 13.1 Å². The van der Waals surface area contributed by atoms with Gasteiger partial charge in [0.1, 0.15) is 5.75 Å². The van der Waals surface area contributed by atoms with Gasteiger partial charge >= 0.3 is 0 Å². The van der Waals surface area contributed by atoms with Crippen LogP contribution in [0.1, 0.15) is 61.6 Å². The molecule has 28 heavy (non-hydrogen) atoms. The number of Topliss-reactive ketones (excluding diaryl/α,β-unsaturated/α-hetero) is 1. The normalized spacial score (nSPS) is 17.8. The third-order valence-corrected chi connectivity index (χ3v) is 5.26. The summed E-state index contributed by atoms with van der Waals surface area (Å²) in [6.07, 6.45) is 5.36. The number of benzene rings is 1. The first kappa shape index (κ1) is 20.6. The predicted molar refractivity (Wildman–Crippen MR) is 112 cm³/mol. The molecule has 1 aromatic carbocycles. The van der Waals surface area contributed by atoms with Gasteiger partial charge in [0.2, 0.25) is 0 Å². The largest absolute Gasteiger partial charge is 0.491 e. The van der Waals surface area contributed by atoms with Gasteiger partial charge in [-0.25, -0.2) is 0 Å². The summed E-state index contributed by atoms with van der Waals surface area (Å²) in [5.41, 5.74) is 3.13. The van der Waals surface area contributed by atoms with E-state index in [1.807, 2.05) is 42.8 Å². The quantitative estimate of drug-likeness (QED) is 0.631. The van der Waals surface area contributed by atoms with E-state index in [4.69, 9.17) is 4.74 Å². The van der Waals surface area contributed by atoms with Crippen LogP contribution in [0.5, 0.6) is 5.75 Å². The molecule has 0 bridgehead atoms. The molecular formula is C23H33N3O2. The molecular weight excluding hydrogens is 350 g/mol. The summed E-state index contributed by atoms with van der Waals surface area (Å²) in [6, 6.07) is 7.63. The Labute approximate surface area is 168 Å². The molecule has 1 aliphatic heterocycles. The maximum atomic E-state index is 13.1. The van der Waals surface area contributed by atoms with Gasteiger partial charge in [0, 0.05) is 42.9 Å². The van der Waals surface area contributed by atoms with Crippen LogP contribution >= 0.6 is 0 Å². The van der Waals surface area contributed by atoms with Crippen LogP contribution in [0, 0.1) is 12.8 Å². The molecule has 152 valence electrons. The van der Waals surface area contributed by atoms with Crippen LogP contribution in [0.25, 0.3) is 0 Å². The fourth-order valence-corrected chi connectivity index (χ4v) is 3.94. The molecule has 0 N–H and O–H groups in total. The van der Waals surface area contributed by atoms with E-state index in [0.29, 0.717) is 0 Å². The molecule has 0 unspecified atom stereocenters. The Hall–Kier alpha value is -2.14. The Balaban J connectivity index is 1.65. The smallest absolute Gasteiger partial charge is 0.167 e. The highest BCUT2D eigenvalue weighted by Crippen LogP contribution is 2.25. The Bertz CT molecular complexity index is 797. The average Bonchev–Trinajstić information content (AvgIpc) is 3.00. The van der Waals surface area contributed by atoms with E-state index in [9.17, 15) is 4.79 Å². The fourth-order valence-electron chi connectivity index (χ4n) is 3.94. The van der Waals surface area contributed by atoms with E-state index in [-0.39, 0.29) is 17.8 Å². The first-order valence-corrected chi connectivity index (χ1v) is 10.5. The minimum absolute atomic E-state index is 0.0500. The second-order valence-corrected chi connectivity index (χ2v) is 8.14. The van der Waals surface area contributed by atoms with Crippen molar-refractivity contribution >= 4 is 5.78 Å². The molecule has 0 saturated carbocycles.